The number of carbonyl (C=O) groups excluding carboxylic acids is 2. The lowest BCUT2D eigenvalue weighted by atomic mass is 10.1. The van der Waals surface area contributed by atoms with Crippen LogP contribution in [0.3, 0.4) is 0 Å². The molecule has 0 saturated carbocycles. The molecule has 0 bridgehead atoms. The van der Waals surface area contributed by atoms with E-state index in [1.165, 1.54) is 13.8 Å². The predicted molar refractivity (Wildman–Crippen MR) is 86.7 cm³/mol. The van der Waals surface area contributed by atoms with Gasteiger partial charge >= 0.3 is 5.97 Å². The maximum atomic E-state index is 11.5. The maximum Gasteiger partial charge on any atom is 0.330 e. The van der Waals surface area contributed by atoms with Crippen LogP contribution in [0.4, 0.5) is 5.69 Å². The van der Waals surface area contributed by atoms with Gasteiger partial charge in [-0.25, -0.2) is 4.79 Å². The summed E-state index contributed by atoms with van der Waals surface area (Å²) in [5.74, 6) is -0.897. The second kappa shape index (κ2) is 7.22. The van der Waals surface area contributed by atoms with Gasteiger partial charge in [0, 0.05) is 13.8 Å². The normalized spacial score (nSPS) is 10.5. The fourth-order valence-corrected chi connectivity index (χ4v) is 1.90. The van der Waals surface area contributed by atoms with Crippen molar-refractivity contribution in [2.24, 2.45) is 0 Å². The van der Waals surface area contributed by atoms with Crippen LogP contribution in [0.2, 0.25) is 0 Å². The Morgan fingerprint density at radius 1 is 0.864 bits per heavy atom. The van der Waals surface area contributed by atoms with Crippen molar-refractivity contribution in [1.29, 1.82) is 0 Å². The Hall–Kier alpha value is -2.88. The van der Waals surface area contributed by atoms with E-state index in [0.29, 0.717) is 5.69 Å². The molecular formula is C18H17NO3. The molecule has 4 heteroatoms. The lowest BCUT2D eigenvalue weighted by Gasteiger charge is -2.18. The molecule has 112 valence electrons. The molecule has 0 aliphatic heterocycles. The summed E-state index contributed by atoms with van der Waals surface area (Å²) >= 11 is 0. The molecule has 0 radical (unpaired) electrons. The first-order chi connectivity index (χ1) is 10.6. The second-order valence-corrected chi connectivity index (χ2v) is 4.73. The minimum atomic E-state index is -0.539. The first-order valence-corrected chi connectivity index (χ1v) is 6.88. The first-order valence-electron chi connectivity index (χ1n) is 6.88. The fourth-order valence-electron chi connectivity index (χ4n) is 1.90. The highest BCUT2D eigenvalue weighted by Crippen LogP contribution is 2.17. The Morgan fingerprint density at radius 2 is 1.41 bits per heavy atom. The van der Waals surface area contributed by atoms with Crippen molar-refractivity contribution in [3.05, 3.63) is 65.7 Å². The van der Waals surface area contributed by atoms with Crippen molar-refractivity contribution in [2.75, 3.05) is 5.06 Å². The Kier molecular flexibility index (Phi) is 5.09. The van der Waals surface area contributed by atoms with Crippen molar-refractivity contribution < 1.29 is 14.4 Å². The van der Waals surface area contributed by atoms with Gasteiger partial charge in [0.2, 0.25) is 0 Å². The summed E-state index contributed by atoms with van der Waals surface area (Å²) in [6.07, 6.45) is 3.98. The lowest BCUT2D eigenvalue weighted by molar-refractivity contribution is -0.147. The highest BCUT2D eigenvalue weighted by Gasteiger charge is 2.14. The zero-order chi connectivity index (χ0) is 15.9. The molecule has 0 spiro atoms. The van der Waals surface area contributed by atoms with E-state index in [0.717, 1.165) is 16.2 Å². The van der Waals surface area contributed by atoms with Crippen LogP contribution in [0.15, 0.2) is 54.6 Å². The number of nitrogens with zero attached hydrogens (tertiary/aromatic N) is 1. The van der Waals surface area contributed by atoms with E-state index in [9.17, 15) is 9.59 Å². The minimum absolute atomic E-state index is 0.359. The number of amides is 1. The van der Waals surface area contributed by atoms with Crippen molar-refractivity contribution in [1.82, 2.24) is 0 Å². The van der Waals surface area contributed by atoms with Crippen molar-refractivity contribution >= 4 is 29.7 Å². The van der Waals surface area contributed by atoms with E-state index in [1.807, 2.05) is 54.6 Å². The highest BCUT2D eigenvalue weighted by molar-refractivity contribution is 5.91. The largest absolute Gasteiger partial charge is 0.334 e. The fraction of sp³-hybridized carbons (Fsp3) is 0.111. The average molecular weight is 295 g/mol. The topological polar surface area (TPSA) is 46.6 Å². The van der Waals surface area contributed by atoms with E-state index in [2.05, 4.69) is 0 Å². The molecule has 0 N–H and O–H groups in total. The van der Waals surface area contributed by atoms with Crippen molar-refractivity contribution in [3.63, 3.8) is 0 Å². The number of hydroxylamine groups is 1. The third kappa shape index (κ3) is 4.31. The average Bonchev–Trinajstić information content (AvgIpc) is 2.52. The Labute approximate surface area is 129 Å². The van der Waals surface area contributed by atoms with Crippen molar-refractivity contribution in [3.8, 4) is 0 Å². The molecule has 2 aromatic carbocycles. The van der Waals surface area contributed by atoms with Crippen LogP contribution in [0.1, 0.15) is 25.0 Å². The lowest BCUT2D eigenvalue weighted by Crippen LogP contribution is -2.30. The van der Waals surface area contributed by atoms with E-state index < -0.39 is 5.97 Å². The third-order valence-electron chi connectivity index (χ3n) is 2.90. The molecule has 2 aromatic rings. The van der Waals surface area contributed by atoms with E-state index >= 15 is 0 Å². The first kappa shape index (κ1) is 15.5. The van der Waals surface area contributed by atoms with E-state index in [4.69, 9.17) is 4.84 Å². The smallest absolute Gasteiger partial charge is 0.330 e. The number of rotatable bonds is 3. The van der Waals surface area contributed by atoms with Gasteiger partial charge in [-0.3, -0.25) is 4.79 Å². The summed E-state index contributed by atoms with van der Waals surface area (Å²) in [6.45, 7) is 2.60. The summed E-state index contributed by atoms with van der Waals surface area (Å²) in [5.41, 5.74) is 2.61. The van der Waals surface area contributed by atoms with Crippen LogP contribution >= 0.6 is 0 Å². The van der Waals surface area contributed by atoms with Crippen LogP contribution in [0, 0.1) is 0 Å². The van der Waals surface area contributed by atoms with E-state index in [1.54, 1.807) is 12.1 Å². The van der Waals surface area contributed by atoms with Gasteiger partial charge in [0.05, 0.1) is 5.69 Å². The number of anilines is 1. The van der Waals surface area contributed by atoms with Crippen LogP contribution < -0.4 is 5.06 Å². The quantitative estimate of drug-likeness (QED) is 0.641. The number of hydrogen-bond donors (Lipinski definition) is 0. The van der Waals surface area contributed by atoms with Gasteiger partial charge in [-0.1, -0.05) is 54.6 Å². The minimum Gasteiger partial charge on any atom is -0.334 e. The molecule has 0 fully saturated rings. The summed E-state index contributed by atoms with van der Waals surface area (Å²) in [6, 6.07) is 17.1. The molecule has 1 amide bonds. The number of carbonyl (C=O) groups is 2. The molecule has 0 saturated heterocycles. The summed E-state index contributed by atoms with van der Waals surface area (Å²) < 4.78 is 0. The molecule has 0 aromatic heterocycles. The summed E-state index contributed by atoms with van der Waals surface area (Å²) in [4.78, 5) is 27.4. The highest BCUT2D eigenvalue weighted by atomic mass is 16.7. The van der Waals surface area contributed by atoms with Crippen molar-refractivity contribution in [2.45, 2.75) is 13.8 Å². The van der Waals surface area contributed by atoms with Gasteiger partial charge in [-0.2, -0.15) is 0 Å². The Morgan fingerprint density at radius 3 is 1.91 bits per heavy atom. The zero-order valence-corrected chi connectivity index (χ0v) is 12.5. The second-order valence-electron chi connectivity index (χ2n) is 4.73. The molecule has 0 aliphatic carbocycles. The monoisotopic (exact) mass is 295 g/mol. The number of hydrogen-bond acceptors (Lipinski definition) is 3. The summed E-state index contributed by atoms with van der Waals surface area (Å²) in [7, 11) is 0. The van der Waals surface area contributed by atoms with Crippen LogP contribution in [0.25, 0.3) is 12.2 Å². The van der Waals surface area contributed by atoms with Crippen LogP contribution in [0.5, 0.6) is 0 Å². The summed E-state index contributed by atoms with van der Waals surface area (Å²) in [5, 5.41) is 0.979. The molecule has 2 rings (SSSR count). The van der Waals surface area contributed by atoms with Gasteiger partial charge in [-0.15, -0.1) is 5.06 Å². The Balaban J connectivity index is 2.14. The van der Waals surface area contributed by atoms with Gasteiger partial charge in [0.15, 0.2) is 0 Å². The molecule has 0 heterocycles. The van der Waals surface area contributed by atoms with Gasteiger partial charge in [-0.05, 0) is 23.3 Å². The van der Waals surface area contributed by atoms with Gasteiger partial charge in [0.25, 0.3) is 5.91 Å². The molecule has 0 aliphatic rings. The third-order valence-corrected chi connectivity index (χ3v) is 2.90. The van der Waals surface area contributed by atoms with Crippen LogP contribution in [-0.4, -0.2) is 11.9 Å². The molecular weight excluding hydrogens is 278 g/mol. The molecule has 4 nitrogen and oxygen atoms in total. The van der Waals surface area contributed by atoms with E-state index in [-0.39, 0.29) is 5.91 Å². The predicted octanol–water partition coefficient (Wildman–Crippen LogP) is 3.69. The van der Waals surface area contributed by atoms with Gasteiger partial charge in [0.1, 0.15) is 0 Å². The molecule has 22 heavy (non-hydrogen) atoms. The van der Waals surface area contributed by atoms with Crippen LogP contribution in [-0.2, 0) is 14.4 Å². The molecule has 0 unspecified atom stereocenters. The molecule has 0 atom stereocenters. The number of benzene rings is 2. The standard InChI is InChI=1S/C18H17NO3/c1-14(20)19(22-15(2)21)18-12-10-17(11-13-18)9-8-16-6-4-3-5-7-16/h3-13H,1-2H3/b9-8-. The van der Waals surface area contributed by atoms with Gasteiger partial charge < -0.3 is 4.84 Å². The Bertz CT molecular complexity index is 675. The SMILES string of the molecule is CC(=O)ON(C(C)=O)c1ccc(/C=C\c2ccccc2)cc1. The maximum absolute atomic E-state index is 11.5. The zero-order valence-electron chi connectivity index (χ0n) is 12.5.